The normalized spacial score (nSPS) is 38.4. The van der Waals surface area contributed by atoms with Crippen LogP contribution in [0.4, 0.5) is 0 Å². The van der Waals surface area contributed by atoms with Gasteiger partial charge in [0.25, 0.3) is 0 Å². The fourth-order valence-corrected chi connectivity index (χ4v) is 3.80. The third-order valence-electron chi connectivity index (χ3n) is 3.73. The summed E-state index contributed by atoms with van der Waals surface area (Å²) in [5, 5.41) is 3.49. The van der Waals surface area contributed by atoms with Crippen molar-refractivity contribution >= 4 is 11.8 Å². The molecule has 0 radical (unpaired) electrons. The van der Waals surface area contributed by atoms with E-state index in [-0.39, 0.29) is 0 Å². The van der Waals surface area contributed by atoms with Gasteiger partial charge in [0.15, 0.2) is 0 Å². The first-order chi connectivity index (χ1) is 6.77. The van der Waals surface area contributed by atoms with E-state index in [2.05, 4.69) is 35.9 Å². The summed E-state index contributed by atoms with van der Waals surface area (Å²) in [4.78, 5) is 2.59. The second kappa shape index (κ2) is 4.86. The minimum atomic E-state index is 0.854. The number of hydrogen-bond acceptors (Lipinski definition) is 3. The third kappa shape index (κ3) is 2.44. The van der Waals surface area contributed by atoms with Crippen LogP contribution in [0.25, 0.3) is 0 Å². The molecule has 0 aliphatic carbocycles. The molecule has 0 aromatic rings. The average molecular weight is 214 g/mol. The maximum Gasteiger partial charge on any atom is 0.0191 e. The highest BCUT2D eigenvalue weighted by Gasteiger charge is 2.27. The summed E-state index contributed by atoms with van der Waals surface area (Å²) in [5.74, 6) is 4.47. The van der Waals surface area contributed by atoms with E-state index in [0.717, 1.165) is 17.9 Å². The monoisotopic (exact) mass is 214 g/mol. The van der Waals surface area contributed by atoms with Gasteiger partial charge < -0.3 is 10.2 Å². The van der Waals surface area contributed by atoms with Crippen molar-refractivity contribution < 1.29 is 0 Å². The summed E-state index contributed by atoms with van der Waals surface area (Å²) in [6.45, 7) is 6.12. The molecule has 0 bridgehead atoms. The van der Waals surface area contributed by atoms with Crippen molar-refractivity contribution in [1.29, 1.82) is 0 Å². The number of thioether (sulfide) groups is 1. The Hall–Kier alpha value is 0.270. The fraction of sp³-hybridized carbons (Fsp3) is 1.00. The molecule has 2 rings (SSSR count). The predicted octanol–water partition coefficient (Wildman–Crippen LogP) is 1.28. The Bertz CT molecular complexity index is 180. The molecule has 3 unspecified atom stereocenters. The Labute approximate surface area is 91.8 Å². The number of nitrogens with one attached hydrogen (secondary N) is 1. The summed E-state index contributed by atoms with van der Waals surface area (Å²) in [5.41, 5.74) is 0. The Kier molecular flexibility index (Phi) is 3.74. The van der Waals surface area contributed by atoms with Crippen molar-refractivity contribution in [3.05, 3.63) is 0 Å². The van der Waals surface area contributed by atoms with E-state index in [1.807, 2.05) is 0 Å². The maximum absolute atomic E-state index is 3.49. The summed E-state index contributed by atoms with van der Waals surface area (Å²) in [6, 6.07) is 0.854. The first-order valence-electron chi connectivity index (χ1n) is 5.76. The maximum atomic E-state index is 3.49. The molecular weight excluding hydrogens is 192 g/mol. The van der Waals surface area contributed by atoms with Crippen molar-refractivity contribution in [2.45, 2.75) is 19.4 Å². The van der Waals surface area contributed by atoms with Gasteiger partial charge >= 0.3 is 0 Å². The number of hydrogen-bond donors (Lipinski definition) is 1. The van der Waals surface area contributed by atoms with Crippen LogP contribution in [0.3, 0.4) is 0 Å². The van der Waals surface area contributed by atoms with E-state index in [1.54, 1.807) is 0 Å². The second-order valence-corrected chi connectivity index (χ2v) is 6.00. The highest BCUT2D eigenvalue weighted by Crippen LogP contribution is 2.24. The smallest absolute Gasteiger partial charge is 0.0191 e. The van der Waals surface area contributed by atoms with E-state index in [9.17, 15) is 0 Å². The van der Waals surface area contributed by atoms with Crippen molar-refractivity contribution in [3.63, 3.8) is 0 Å². The lowest BCUT2D eigenvalue weighted by molar-refractivity contribution is 0.210. The summed E-state index contributed by atoms with van der Waals surface area (Å²) in [6.07, 6.45) is 1.40. The van der Waals surface area contributed by atoms with Crippen LogP contribution in [0.15, 0.2) is 0 Å². The van der Waals surface area contributed by atoms with Gasteiger partial charge in [0.1, 0.15) is 0 Å². The van der Waals surface area contributed by atoms with Gasteiger partial charge in [-0.25, -0.2) is 0 Å². The molecule has 3 heteroatoms. The highest BCUT2D eigenvalue weighted by molar-refractivity contribution is 7.99. The largest absolute Gasteiger partial charge is 0.316 e. The quantitative estimate of drug-likeness (QED) is 0.762. The topological polar surface area (TPSA) is 15.3 Å². The number of nitrogens with zero attached hydrogens (tertiary/aromatic N) is 1. The molecule has 82 valence electrons. The van der Waals surface area contributed by atoms with Crippen LogP contribution in [-0.4, -0.2) is 49.1 Å². The molecule has 2 aliphatic heterocycles. The molecule has 14 heavy (non-hydrogen) atoms. The molecule has 0 saturated carbocycles. The number of rotatable bonds is 3. The molecule has 0 aromatic heterocycles. The van der Waals surface area contributed by atoms with Gasteiger partial charge in [0.2, 0.25) is 0 Å². The highest BCUT2D eigenvalue weighted by atomic mass is 32.2. The molecule has 0 aromatic carbocycles. The van der Waals surface area contributed by atoms with Crippen LogP contribution in [-0.2, 0) is 0 Å². The molecule has 1 N–H and O–H groups in total. The minimum absolute atomic E-state index is 0.854. The van der Waals surface area contributed by atoms with Crippen molar-refractivity contribution in [2.24, 2.45) is 11.8 Å². The lowest BCUT2D eigenvalue weighted by atomic mass is 9.97. The summed E-state index contributed by atoms with van der Waals surface area (Å²) < 4.78 is 0. The molecule has 0 amide bonds. The molecule has 2 nitrogen and oxygen atoms in total. The van der Waals surface area contributed by atoms with Crippen LogP contribution >= 0.6 is 11.8 Å². The Morgan fingerprint density at radius 2 is 2.29 bits per heavy atom. The predicted molar refractivity (Wildman–Crippen MR) is 63.9 cm³/mol. The van der Waals surface area contributed by atoms with Crippen molar-refractivity contribution in [1.82, 2.24) is 10.2 Å². The summed E-state index contributed by atoms with van der Waals surface area (Å²) >= 11 is 2.11. The molecule has 0 spiro atoms. The molecular formula is C11H22N2S. The van der Waals surface area contributed by atoms with E-state index in [4.69, 9.17) is 0 Å². The average Bonchev–Trinajstić information content (AvgIpc) is 2.77. The standard InChI is InChI=1S/C11H22N2S/c1-9-5-12-6-10(9)7-13(2)11-3-4-14-8-11/h9-12H,3-8H2,1-2H3. The lowest BCUT2D eigenvalue weighted by Gasteiger charge is -2.27. The van der Waals surface area contributed by atoms with Gasteiger partial charge in [0, 0.05) is 18.3 Å². The van der Waals surface area contributed by atoms with Crippen molar-refractivity contribution in [3.8, 4) is 0 Å². The Morgan fingerprint density at radius 3 is 2.86 bits per heavy atom. The summed E-state index contributed by atoms with van der Waals surface area (Å²) in [7, 11) is 2.31. The van der Waals surface area contributed by atoms with Gasteiger partial charge in [-0.15, -0.1) is 0 Å². The van der Waals surface area contributed by atoms with E-state index in [0.29, 0.717) is 0 Å². The van der Waals surface area contributed by atoms with E-state index < -0.39 is 0 Å². The van der Waals surface area contributed by atoms with Gasteiger partial charge in [-0.2, -0.15) is 11.8 Å². The molecule has 2 fully saturated rings. The van der Waals surface area contributed by atoms with E-state index in [1.165, 1.54) is 37.6 Å². The fourth-order valence-electron chi connectivity index (χ4n) is 2.50. The SMILES string of the molecule is CC1CNCC1CN(C)C1CCSC1. The molecule has 2 saturated heterocycles. The Morgan fingerprint density at radius 1 is 1.43 bits per heavy atom. The van der Waals surface area contributed by atoms with Crippen molar-refractivity contribution in [2.75, 3.05) is 38.2 Å². The van der Waals surface area contributed by atoms with Crippen LogP contribution < -0.4 is 5.32 Å². The van der Waals surface area contributed by atoms with E-state index >= 15 is 0 Å². The second-order valence-electron chi connectivity index (χ2n) is 4.85. The van der Waals surface area contributed by atoms with Gasteiger partial charge in [-0.1, -0.05) is 6.92 Å². The lowest BCUT2D eigenvalue weighted by Crippen LogP contribution is -2.37. The van der Waals surface area contributed by atoms with Crippen LogP contribution in [0, 0.1) is 11.8 Å². The first kappa shape index (κ1) is 10.8. The zero-order chi connectivity index (χ0) is 9.97. The van der Waals surface area contributed by atoms with Crippen LogP contribution in [0.5, 0.6) is 0 Å². The zero-order valence-electron chi connectivity index (χ0n) is 9.33. The minimum Gasteiger partial charge on any atom is -0.316 e. The molecule has 2 heterocycles. The van der Waals surface area contributed by atoms with Crippen LogP contribution in [0.1, 0.15) is 13.3 Å². The third-order valence-corrected chi connectivity index (χ3v) is 4.87. The Balaban J connectivity index is 1.78. The van der Waals surface area contributed by atoms with Gasteiger partial charge in [-0.3, -0.25) is 0 Å². The molecule has 3 atom stereocenters. The van der Waals surface area contributed by atoms with Crippen LogP contribution in [0.2, 0.25) is 0 Å². The van der Waals surface area contributed by atoms with Gasteiger partial charge in [-0.05, 0) is 44.1 Å². The zero-order valence-corrected chi connectivity index (χ0v) is 10.1. The molecule has 2 aliphatic rings. The first-order valence-corrected chi connectivity index (χ1v) is 6.91. The van der Waals surface area contributed by atoms with Gasteiger partial charge in [0.05, 0.1) is 0 Å².